The van der Waals surface area contributed by atoms with Crippen molar-refractivity contribution in [3.05, 3.63) is 94.9 Å². The number of nitro groups is 1. The number of rotatable bonds is 5. The van der Waals surface area contributed by atoms with Crippen LogP contribution in [0.25, 0.3) is 21.7 Å². The minimum absolute atomic E-state index is 0.0246. The average molecular weight is 423 g/mol. The fourth-order valence-electron chi connectivity index (χ4n) is 3.51. The summed E-state index contributed by atoms with van der Waals surface area (Å²) >= 11 is 0. The number of benzene rings is 3. The summed E-state index contributed by atoms with van der Waals surface area (Å²) in [5.41, 5.74) is 1.77. The third-order valence-corrected chi connectivity index (χ3v) is 5.02. The molecule has 5 rings (SSSR count). The van der Waals surface area contributed by atoms with E-state index in [1.54, 1.807) is 12.1 Å². The van der Waals surface area contributed by atoms with Crippen molar-refractivity contribution >= 4 is 38.9 Å². The summed E-state index contributed by atoms with van der Waals surface area (Å²) < 4.78 is 5.82. The van der Waals surface area contributed by atoms with Crippen LogP contribution in [0.5, 0.6) is 11.6 Å². The van der Waals surface area contributed by atoms with Crippen molar-refractivity contribution in [3.63, 3.8) is 0 Å². The van der Waals surface area contributed by atoms with E-state index < -0.39 is 4.92 Å². The molecule has 2 heterocycles. The van der Waals surface area contributed by atoms with E-state index in [9.17, 15) is 10.1 Å². The summed E-state index contributed by atoms with van der Waals surface area (Å²) in [4.78, 5) is 24.1. The van der Waals surface area contributed by atoms with Crippen LogP contribution < -0.4 is 10.1 Å². The number of para-hydroxylation sites is 1. The average Bonchev–Trinajstić information content (AvgIpc) is 2.79. The molecule has 0 aliphatic heterocycles. The van der Waals surface area contributed by atoms with E-state index in [0.29, 0.717) is 17.0 Å². The smallest absolute Gasteiger partial charge is 0.373 e. The molecular weight excluding hydrogens is 406 g/mol. The SMILES string of the molecule is Cc1ccc2cccc(Nc3ncnc(Oc4ccc5ccccc5c4)c3[N+](=O)[O-])c2n1. The molecule has 0 aliphatic rings. The highest BCUT2D eigenvalue weighted by Gasteiger charge is 2.26. The second-order valence-electron chi connectivity index (χ2n) is 7.20. The molecule has 0 saturated carbocycles. The summed E-state index contributed by atoms with van der Waals surface area (Å²) in [6.45, 7) is 1.89. The van der Waals surface area contributed by atoms with Crippen molar-refractivity contribution in [1.82, 2.24) is 15.0 Å². The number of nitrogens with zero attached hydrogens (tertiary/aromatic N) is 4. The molecule has 0 amide bonds. The second kappa shape index (κ2) is 7.92. The number of aryl methyl sites for hydroxylation is 1. The van der Waals surface area contributed by atoms with Crippen molar-refractivity contribution in [2.24, 2.45) is 0 Å². The van der Waals surface area contributed by atoms with Gasteiger partial charge in [-0.1, -0.05) is 48.5 Å². The summed E-state index contributed by atoms with van der Waals surface area (Å²) in [6, 6.07) is 22.7. The van der Waals surface area contributed by atoms with Crippen LogP contribution in [0.2, 0.25) is 0 Å². The zero-order valence-corrected chi connectivity index (χ0v) is 17.0. The molecule has 0 fully saturated rings. The van der Waals surface area contributed by atoms with Crippen LogP contribution in [-0.4, -0.2) is 19.9 Å². The quantitative estimate of drug-likeness (QED) is 0.276. The van der Waals surface area contributed by atoms with Crippen molar-refractivity contribution in [1.29, 1.82) is 0 Å². The normalized spacial score (nSPS) is 10.9. The van der Waals surface area contributed by atoms with E-state index in [0.717, 1.165) is 21.9 Å². The van der Waals surface area contributed by atoms with E-state index in [1.165, 1.54) is 6.33 Å². The number of pyridine rings is 1. The predicted octanol–water partition coefficient (Wildman–Crippen LogP) is 5.93. The van der Waals surface area contributed by atoms with Gasteiger partial charge in [0.15, 0.2) is 0 Å². The van der Waals surface area contributed by atoms with Gasteiger partial charge in [0.1, 0.15) is 12.1 Å². The fourth-order valence-corrected chi connectivity index (χ4v) is 3.51. The maximum Gasteiger partial charge on any atom is 0.373 e. The molecule has 156 valence electrons. The first-order valence-electron chi connectivity index (χ1n) is 9.88. The molecule has 0 spiro atoms. The van der Waals surface area contributed by atoms with Crippen molar-refractivity contribution in [2.75, 3.05) is 5.32 Å². The molecule has 5 aromatic rings. The summed E-state index contributed by atoms with van der Waals surface area (Å²) in [6.07, 6.45) is 1.23. The minimum Gasteiger partial charge on any atom is -0.434 e. The number of anilines is 2. The largest absolute Gasteiger partial charge is 0.434 e. The highest BCUT2D eigenvalue weighted by Crippen LogP contribution is 2.37. The molecule has 2 aromatic heterocycles. The lowest BCUT2D eigenvalue weighted by Crippen LogP contribution is -2.04. The number of hydrogen-bond donors (Lipinski definition) is 1. The third-order valence-electron chi connectivity index (χ3n) is 5.02. The first-order valence-corrected chi connectivity index (χ1v) is 9.88. The lowest BCUT2D eigenvalue weighted by Gasteiger charge is -2.11. The minimum atomic E-state index is -0.553. The molecule has 32 heavy (non-hydrogen) atoms. The van der Waals surface area contributed by atoms with E-state index in [2.05, 4.69) is 20.3 Å². The van der Waals surface area contributed by atoms with Crippen molar-refractivity contribution < 1.29 is 9.66 Å². The van der Waals surface area contributed by atoms with Gasteiger partial charge in [-0.05, 0) is 42.0 Å². The van der Waals surface area contributed by atoms with Crippen molar-refractivity contribution in [3.8, 4) is 11.6 Å². The molecule has 1 N–H and O–H groups in total. The lowest BCUT2D eigenvalue weighted by atomic mass is 10.1. The third kappa shape index (κ3) is 3.65. The van der Waals surface area contributed by atoms with Gasteiger partial charge in [0, 0.05) is 11.1 Å². The fraction of sp³-hybridized carbons (Fsp3) is 0.0417. The van der Waals surface area contributed by atoms with Gasteiger partial charge >= 0.3 is 11.6 Å². The van der Waals surface area contributed by atoms with Gasteiger partial charge in [-0.15, -0.1) is 0 Å². The maximum absolute atomic E-state index is 11.9. The van der Waals surface area contributed by atoms with Crippen LogP contribution in [0.15, 0.2) is 79.1 Å². The highest BCUT2D eigenvalue weighted by molar-refractivity contribution is 5.92. The van der Waals surface area contributed by atoms with E-state index in [-0.39, 0.29) is 17.4 Å². The van der Waals surface area contributed by atoms with Gasteiger partial charge in [0.25, 0.3) is 0 Å². The van der Waals surface area contributed by atoms with E-state index in [1.807, 2.05) is 67.6 Å². The van der Waals surface area contributed by atoms with Gasteiger partial charge < -0.3 is 10.1 Å². The molecule has 8 heteroatoms. The standard InChI is InChI=1S/C24H17N5O3/c1-15-9-10-17-7-4-8-20(21(17)27-15)28-23-22(29(30)31)24(26-14-25-23)32-19-12-11-16-5-2-3-6-18(16)13-19/h2-14H,1H3,(H,25,26,28). The van der Waals surface area contributed by atoms with E-state index in [4.69, 9.17) is 4.74 Å². The number of fused-ring (bicyclic) bond motifs is 2. The van der Waals surface area contributed by atoms with E-state index >= 15 is 0 Å². The molecular formula is C24H17N5O3. The van der Waals surface area contributed by atoms with Crippen LogP contribution in [0, 0.1) is 17.0 Å². The van der Waals surface area contributed by atoms with Crippen molar-refractivity contribution in [2.45, 2.75) is 6.92 Å². The Kier molecular flexibility index (Phi) is 4.79. The number of hydrogen-bond acceptors (Lipinski definition) is 7. The zero-order chi connectivity index (χ0) is 22.1. The van der Waals surface area contributed by atoms with Crippen LogP contribution in [-0.2, 0) is 0 Å². The molecule has 0 bridgehead atoms. The zero-order valence-electron chi connectivity index (χ0n) is 17.0. The Hall–Kier alpha value is -4.59. The Morgan fingerprint density at radius 1 is 0.906 bits per heavy atom. The van der Waals surface area contributed by atoms with Gasteiger partial charge in [-0.3, -0.25) is 15.1 Å². The molecule has 0 atom stereocenters. The molecule has 0 unspecified atom stereocenters. The number of nitrogens with one attached hydrogen (secondary N) is 1. The van der Waals surface area contributed by atoms with Crippen LogP contribution in [0.4, 0.5) is 17.2 Å². The first kappa shape index (κ1) is 19.4. The number of ether oxygens (including phenoxy) is 1. The molecule has 8 nitrogen and oxygen atoms in total. The summed E-state index contributed by atoms with van der Waals surface area (Å²) in [5, 5.41) is 17.9. The Morgan fingerprint density at radius 3 is 2.53 bits per heavy atom. The first-order chi connectivity index (χ1) is 15.6. The van der Waals surface area contributed by atoms with Crippen LogP contribution in [0.3, 0.4) is 0 Å². The highest BCUT2D eigenvalue weighted by atomic mass is 16.6. The van der Waals surface area contributed by atoms with Crippen LogP contribution in [0.1, 0.15) is 5.69 Å². The van der Waals surface area contributed by atoms with Crippen LogP contribution >= 0.6 is 0 Å². The Labute approximate surface area is 182 Å². The molecule has 0 radical (unpaired) electrons. The Bertz CT molecular complexity index is 1490. The summed E-state index contributed by atoms with van der Waals surface area (Å²) in [5.74, 6) is 0.322. The number of aromatic nitrogens is 3. The predicted molar refractivity (Wildman–Crippen MR) is 122 cm³/mol. The Balaban J connectivity index is 1.55. The molecule has 0 saturated heterocycles. The monoisotopic (exact) mass is 423 g/mol. The topological polar surface area (TPSA) is 103 Å². The second-order valence-corrected chi connectivity index (χ2v) is 7.20. The molecule has 3 aromatic carbocycles. The Morgan fingerprint density at radius 2 is 1.69 bits per heavy atom. The molecule has 0 aliphatic carbocycles. The van der Waals surface area contributed by atoms with Gasteiger partial charge in [0.05, 0.1) is 16.1 Å². The van der Waals surface area contributed by atoms with Gasteiger partial charge in [-0.25, -0.2) is 4.98 Å². The lowest BCUT2D eigenvalue weighted by molar-refractivity contribution is -0.385. The summed E-state index contributed by atoms with van der Waals surface area (Å²) in [7, 11) is 0. The van der Waals surface area contributed by atoms with Gasteiger partial charge in [0.2, 0.25) is 5.82 Å². The maximum atomic E-state index is 11.9. The van der Waals surface area contributed by atoms with Gasteiger partial charge in [-0.2, -0.15) is 4.98 Å².